The lowest BCUT2D eigenvalue weighted by Gasteiger charge is -2.11. The summed E-state index contributed by atoms with van der Waals surface area (Å²) in [4.78, 5) is 20.1. The molecular formula is C19H17FN4O. The topological polar surface area (TPSA) is 94.4 Å². The number of rotatable bonds is 3. The molecule has 0 aliphatic carbocycles. The molecule has 6 heteroatoms. The van der Waals surface area contributed by atoms with Gasteiger partial charge in [0.1, 0.15) is 5.82 Å². The van der Waals surface area contributed by atoms with Crippen LogP contribution < -0.4 is 11.5 Å². The first-order chi connectivity index (χ1) is 12.0. The first-order valence-electron chi connectivity index (χ1n) is 7.81. The molecule has 2 aromatic carbocycles. The number of nitrogens with two attached hydrogens (primary N) is 2. The second-order valence-electron chi connectivity index (χ2n) is 5.57. The fourth-order valence-corrected chi connectivity index (χ4v) is 2.77. The zero-order chi connectivity index (χ0) is 18.0. The summed E-state index contributed by atoms with van der Waals surface area (Å²) in [5.74, 6) is -1.23. The Morgan fingerprint density at radius 2 is 1.92 bits per heavy atom. The molecule has 0 radical (unpaired) electrons. The molecular weight excluding hydrogens is 319 g/mol. The van der Waals surface area contributed by atoms with E-state index in [1.165, 1.54) is 6.07 Å². The van der Waals surface area contributed by atoms with E-state index in [2.05, 4.69) is 9.98 Å². The van der Waals surface area contributed by atoms with Crippen LogP contribution in [0.5, 0.6) is 0 Å². The van der Waals surface area contributed by atoms with Gasteiger partial charge in [-0.1, -0.05) is 25.1 Å². The third-order valence-corrected chi connectivity index (χ3v) is 3.96. The van der Waals surface area contributed by atoms with Crippen molar-refractivity contribution in [2.45, 2.75) is 13.3 Å². The highest BCUT2D eigenvalue weighted by Crippen LogP contribution is 2.31. The van der Waals surface area contributed by atoms with Crippen molar-refractivity contribution in [3.63, 3.8) is 0 Å². The lowest BCUT2D eigenvalue weighted by Crippen LogP contribution is -2.24. The molecule has 0 spiro atoms. The highest BCUT2D eigenvalue weighted by Gasteiger charge is 2.14. The minimum atomic E-state index is -0.553. The standard InChI is InChI=1S/C19H17FN4O/c1-2-11-10-23-17(14-5-3-4-6-16(14)20)15-9-12(7-8-13(11)15)18(25)24-19(21)22/h3-10H,2H2,1H3,(H4,21,22,24,25). The van der Waals surface area contributed by atoms with Crippen LogP contribution >= 0.6 is 0 Å². The van der Waals surface area contributed by atoms with Crippen molar-refractivity contribution in [3.8, 4) is 11.3 Å². The molecule has 5 nitrogen and oxygen atoms in total. The van der Waals surface area contributed by atoms with Crippen LogP contribution in [-0.2, 0) is 6.42 Å². The monoisotopic (exact) mass is 336 g/mol. The quantitative estimate of drug-likeness (QED) is 0.568. The van der Waals surface area contributed by atoms with Crippen LogP contribution in [0.15, 0.2) is 53.7 Å². The van der Waals surface area contributed by atoms with Crippen molar-refractivity contribution < 1.29 is 9.18 Å². The van der Waals surface area contributed by atoms with E-state index in [-0.39, 0.29) is 11.8 Å². The molecule has 0 aliphatic rings. The van der Waals surface area contributed by atoms with E-state index in [9.17, 15) is 9.18 Å². The summed E-state index contributed by atoms with van der Waals surface area (Å²) < 4.78 is 14.3. The van der Waals surface area contributed by atoms with Crippen molar-refractivity contribution in [2.24, 2.45) is 16.5 Å². The third kappa shape index (κ3) is 3.19. The molecule has 1 amide bonds. The summed E-state index contributed by atoms with van der Waals surface area (Å²) in [5.41, 5.74) is 12.7. The molecule has 4 N–H and O–H groups in total. The lowest BCUT2D eigenvalue weighted by atomic mass is 9.97. The molecule has 0 unspecified atom stereocenters. The first-order valence-corrected chi connectivity index (χ1v) is 7.81. The minimum Gasteiger partial charge on any atom is -0.370 e. The average molecular weight is 336 g/mol. The number of guanidine groups is 1. The van der Waals surface area contributed by atoms with E-state index < -0.39 is 5.91 Å². The number of pyridine rings is 1. The summed E-state index contributed by atoms with van der Waals surface area (Å²) in [6.07, 6.45) is 2.50. The number of benzene rings is 2. The Morgan fingerprint density at radius 1 is 1.16 bits per heavy atom. The molecule has 0 bridgehead atoms. The van der Waals surface area contributed by atoms with Crippen LogP contribution in [0.3, 0.4) is 0 Å². The maximum atomic E-state index is 14.3. The Bertz CT molecular complexity index is 994. The van der Waals surface area contributed by atoms with Crippen molar-refractivity contribution in [1.82, 2.24) is 4.98 Å². The van der Waals surface area contributed by atoms with Gasteiger partial charge in [-0.2, -0.15) is 4.99 Å². The molecule has 25 heavy (non-hydrogen) atoms. The Kier molecular flexibility index (Phi) is 4.43. The summed E-state index contributed by atoms with van der Waals surface area (Å²) in [6, 6.07) is 11.5. The number of aliphatic imine (C=N–C) groups is 1. The van der Waals surface area contributed by atoms with E-state index in [4.69, 9.17) is 11.5 Å². The largest absolute Gasteiger partial charge is 0.370 e. The van der Waals surface area contributed by atoms with Crippen LogP contribution in [0.4, 0.5) is 4.39 Å². The minimum absolute atomic E-state index is 0.306. The normalized spacial score (nSPS) is 10.6. The summed E-state index contributed by atoms with van der Waals surface area (Å²) in [5, 5.41) is 1.60. The number of aromatic nitrogens is 1. The van der Waals surface area contributed by atoms with Gasteiger partial charge in [0, 0.05) is 22.7 Å². The lowest BCUT2D eigenvalue weighted by molar-refractivity contribution is 0.100. The van der Waals surface area contributed by atoms with E-state index in [0.29, 0.717) is 22.2 Å². The van der Waals surface area contributed by atoms with Crippen LogP contribution in [0.2, 0.25) is 0 Å². The van der Waals surface area contributed by atoms with Gasteiger partial charge in [-0.25, -0.2) is 4.39 Å². The molecule has 3 rings (SSSR count). The fraction of sp³-hybridized carbons (Fsp3) is 0.105. The molecule has 3 aromatic rings. The molecule has 0 aliphatic heterocycles. The number of carbonyl (C=O) groups excluding carboxylic acids is 1. The van der Waals surface area contributed by atoms with Gasteiger partial charge in [-0.3, -0.25) is 9.78 Å². The molecule has 0 atom stereocenters. The average Bonchev–Trinajstić information content (AvgIpc) is 2.60. The fourth-order valence-electron chi connectivity index (χ4n) is 2.77. The predicted octanol–water partition coefficient (Wildman–Crippen LogP) is 3.02. The van der Waals surface area contributed by atoms with Gasteiger partial charge in [0.15, 0.2) is 5.96 Å². The number of amides is 1. The first kappa shape index (κ1) is 16.6. The number of aryl methyl sites for hydroxylation is 1. The maximum Gasteiger partial charge on any atom is 0.280 e. The molecule has 0 saturated heterocycles. The molecule has 0 fully saturated rings. The van der Waals surface area contributed by atoms with Crippen molar-refractivity contribution >= 4 is 22.6 Å². The van der Waals surface area contributed by atoms with Gasteiger partial charge in [-0.15, -0.1) is 0 Å². The number of carbonyl (C=O) groups is 1. The molecule has 1 heterocycles. The SMILES string of the molecule is CCc1cnc(-c2ccccc2F)c2cc(C(=O)N=C(N)N)ccc12. The second kappa shape index (κ2) is 6.68. The second-order valence-corrected chi connectivity index (χ2v) is 5.57. The van der Waals surface area contributed by atoms with Crippen LogP contribution in [0.25, 0.3) is 22.0 Å². The number of nitrogens with zero attached hydrogens (tertiary/aromatic N) is 2. The smallest absolute Gasteiger partial charge is 0.280 e. The Morgan fingerprint density at radius 3 is 2.60 bits per heavy atom. The Labute approximate surface area is 144 Å². The van der Waals surface area contributed by atoms with Crippen molar-refractivity contribution in [3.05, 3.63) is 65.6 Å². The van der Waals surface area contributed by atoms with E-state index >= 15 is 0 Å². The van der Waals surface area contributed by atoms with Gasteiger partial charge in [-0.05, 0) is 41.6 Å². The predicted molar refractivity (Wildman–Crippen MR) is 96.7 cm³/mol. The number of halogens is 1. The summed E-state index contributed by atoms with van der Waals surface area (Å²) in [6.45, 7) is 2.01. The van der Waals surface area contributed by atoms with E-state index in [1.54, 1.807) is 36.5 Å². The van der Waals surface area contributed by atoms with Gasteiger partial charge in [0.05, 0.1) is 5.69 Å². The van der Waals surface area contributed by atoms with E-state index in [1.807, 2.05) is 13.0 Å². The van der Waals surface area contributed by atoms with Gasteiger partial charge in [0.2, 0.25) is 0 Å². The highest BCUT2D eigenvalue weighted by atomic mass is 19.1. The van der Waals surface area contributed by atoms with Crippen LogP contribution in [0.1, 0.15) is 22.8 Å². The van der Waals surface area contributed by atoms with Gasteiger partial charge >= 0.3 is 0 Å². The van der Waals surface area contributed by atoms with Gasteiger partial charge < -0.3 is 11.5 Å². The van der Waals surface area contributed by atoms with Crippen LogP contribution in [0, 0.1) is 5.82 Å². The number of hydrogen-bond acceptors (Lipinski definition) is 2. The number of hydrogen-bond donors (Lipinski definition) is 2. The van der Waals surface area contributed by atoms with E-state index in [0.717, 1.165) is 17.4 Å². The van der Waals surface area contributed by atoms with Gasteiger partial charge in [0.25, 0.3) is 5.91 Å². The van der Waals surface area contributed by atoms with Crippen LogP contribution in [-0.4, -0.2) is 16.9 Å². The molecule has 126 valence electrons. The zero-order valence-corrected chi connectivity index (χ0v) is 13.7. The maximum absolute atomic E-state index is 14.3. The molecule has 1 aromatic heterocycles. The highest BCUT2D eigenvalue weighted by molar-refractivity contribution is 6.06. The molecule has 0 saturated carbocycles. The Hall–Kier alpha value is -3.28. The Balaban J connectivity index is 2.29. The zero-order valence-electron chi connectivity index (χ0n) is 13.7. The third-order valence-electron chi connectivity index (χ3n) is 3.96. The van der Waals surface area contributed by atoms with Crippen molar-refractivity contribution in [2.75, 3.05) is 0 Å². The summed E-state index contributed by atoms with van der Waals surface area (Å²) >= 11 is 0. The van der Waals surface area contributed by atoms with Crippen molar-refractivity contribution in [1.29, 1.82) is 0 Å². The summed E-state index contributed by atoms with van der Waals surface area (Å²) in [7, 11) is 0. The number of fused-ring (bicyclic) bond motifs is 1.